The molecule has 1 amide bonds. The van der Waals surface area contributed by atoms with Gasteiger partial charge in [-0.2, -0.15) is 0 Å². The highest BCUT2D eigenvalue weighted by Gasteiger charge is 2.23. The van der Waals surface area contributed by atoms with Crippen LogP contribution in [0.3, 0.4) is 0 Å². The summed E-state index contributed by atoms with van der Waals surface area (Å²) in [6.45, 7) is -0.557. The number of anilines is 2. The first-order valence-corrected chi connectivity index (χ1v) is 12.6. The largest absolute Gasteiger partial charge is 0.497 e. The third-order valence-corrected chi connectivity index (χ3v) is 7.74. The van der Waals surface area contributed by atoms with E-state index in [9.17, 15) is 18.0 Å². The molecule has 1 N–H and O–H groups in total. The van der Waals surface area contributed by atoms with Gasteiger partial charge in [-0.3, -0.25) is 14.4 Å². The van der Waals surface area contributed by atoms with E-state index in [-0.39, 0.29) is 10.5 Å². The summed E-state index contributed by atoms with van der Waals surface area (Å²) in [4.78, 5) is 29.0. The molecular formula is C24H21N3O6S2. The molecule has 1 aromatic heterocycles. The minimum atomic E-state index is -3.91. The summed E-state index contributed by atoms with van der Waals surface area (Å²) in [7, 11) is -0.917. The number of benzene rings is 3. The predicted octanol–water partition coefficient (Wildman–Crippen LogP) is 3.93. The van der Waals surface area contributed by atoms with Gasteiger partial charge in [0.15, 0.2) is 11.7 Å². The number of thiazole rings is 1. The molecule has 35 heavy (non-hydrogen) atoms. The Balaban J connectivity index is 1.40. The Labute approximate surface area is 206 Å². The lowest BCUT2D eigenvalue weighted by Gasteiger charge is -2.19. The van der Waals surface area contributed by atoms with Crippen LogP contribution in [0.1, 0.15) is 10.4 Å². The lowest BCUT2D eigenvalue weighted by molar-refractivity contribution is -0.119. The summed E-state index contributed by atoms with van der Waals surface area (Å²) in [6, 6.07) is 19.4. The topological polar surface area (TPSA) is 115 Å². The molecule has 4 rings (SSSR count). The molecule has 0 aliphatic carbocycles. The molecule has 0 radical (unpaired) electrons. The number of esters is 1. The van der Waals surface area contributed by atoms with E-state index in [2.05, 4.69) is 10.3 Å². The molecule has 9 nitrogen and oxygen atoms in total. The molecule has 1 heterocycles. The summed E-state index contributed by atoms with van der Waals surface area (Å²) in [5.41, 5.74) is 1.18. The average Bonchev–Trinajstić information content (AvgIpc) is 3.28. The van der Waals surface area contributed by atoms with Crippen LogP contribution in [0.2, 0.25) is 0 Å². The molecule has 0 unspecified atom stereocenters. The van der Waals surface area contributed by atoms with E-state index in [0.29, 0.717) is 22.1 Å². The number of carbonyl (C=O) groups is 2. The van der Waals surface area contributed by atoms with Gasteiger partial charge in [0.25, 0.3) is 15.9 Å². The highest BCUT2D eigenvalue weighted by atomic mass is 32.2. The van der Waals surface area contributed by atoms with E-state index < -0.39 is 28.5 Å². The van der Waals surface area contributed by atoms with Gasteiger partial charge in [-0.05, 0) is 48.5 Å². The van der Waals surface area contributed by atoms with E-state index in [4.69, 9.17) is 9.47 Å². The van der Waals surface area contributed by atoms with Crippen molar-refractivity contribution in [1.82, 2.24) is 4.98 Å². The number of hydrogen-bond acceptors (Lipinski definition) is 8. The quantitative estimate of drug-likeness (QED) is 0.357. The number of ether oxygens (including phenoxy) is 2. The molecule has 4 aromatic rings. The highest BCUT2D eigenvalue weighted by Crippen LogP contribution is 2.29. The van der Waals surface area contributed by atoms with Crippen LogP contribution in [0.4, 0.5) is 10.8 Å². The van der Waals surface area contributed by atoms with Crippen molar-refractivity contribution in [3.63, 3.8) is 0 Å². The standard InChI is InChI=1S/C24H21N3O6S2/c1-27(17-8-4-3-5-9-17)35(30,31)19-10-6-7-16(13-19)23(29)33-15-22(28)26-24-25-20-12-11-18(32-2)14-21(20)34-24/h3-14H,15H2,1-2H3,(H,25,26,28). The number of amides is 1. The lowest BCUT2D eigenvalue weighted by Crippen LogP contribution is -2.26. The molecule has 11 heteroatoms. The molecule has 0 atom stereocenters. The molecule has 0 aliphatic rings. The molecule has 3 aromatic carbocycles. The molecular weight excluding hydrogens is 490 g/mol. The number of sulfonamides is 1. The maximum atomic E-state index is 13.0. The van der Waals surface area contributed by atoms with Crippen LogP contribution in [0.15, 0.2) is 77.7 Å². The van der Waals surface area contributed by atoms with Crippen molar-refractivity contribution >= 4 is 54.3 Å². The van der Waals surface area contributed by atoms with Crippen LogP contribution >= 0.6 is 11.3 Å². The van der Waals surface area contributed by atoms with Gasteiger partial charge in [0.1, 0.15) is 5.75 Å². The smallest absolute Gasteiger partial charge is 0.338 e. The minimum absolute atomic E-state index is 0.00687. The van der Waals surface area contributed by atoms with Crippen molar-refractivity contribution in [1.29, 1.82) is 0 Å². The first kappa shape index (κ1) is 24.2. The average molecular weight is 512 g/mol. The highest BCUT2D eigenvalue weighted by molar-refractivity contribution is 7.92. The van der Waals surface area contributed by atoms with E-state index in [0.717, 1.165) is 9.01 Å². The first-order chi connectivity index (χ1) is 16.8. The van der Waals surface area contributed by atoms with Crippen molar-refractivity contribution in [2.24, 2.45) is 0 Å². The SMILES string of the molecule is COc1ccc2nc(NC(=O)COC(=O)c3cccc(S(=O)(=O)N(C)c4ccccc4)c3)sc2c1. The Morgan fingerprint density at radius 1 is 1.03 bits per heavy atom. The Kier molecular flexibility index (Phi) is 6.99. The zero-order chi connectivity index (χ0) is 25.0. The fraction of sp³-hybridized carbons (Fsp3) is 0.125. The molecule has 0 saturated heterocycles. The third-order valence-electron chi connectivity index (χ3n) is 5.02. The van der Waals surface area contributed by atoms with Gasteiger partial charge in [0.05, 0.1) is 33.5 Å². The number of hydrogen-bond donors (Lipinski definition) is 1. The van der Waals surface area contributed by atoms with Crippen LogP contribution < -0.4 is 14.4 Å². The van der Waals surface area contributed by atoms with E-state index >= 15 is 0 Å². The second-order valence-electron chi connectivity index (χ2n) is 7.31. The van der Waals surface area contributed by atoms with E-state index in [1.807, 2.05) is 0 Å². The minimum Gasteiger partial charge on any atom is -0.497 e. The Morgan fingerprint density at radius 2 is 1.80 bits per heavy atom. The lowest BCUT2D eigenvalue weighted by atomic mass is 10.2. The number of methoxy groups -OCH3 is 1. The monoisotopic (exact) mass is 511 g/mol. The molecule has 0 aliphatic heterocycles. The number of fused-ring (bicyclic) bond motifs is 1. The van der Waals surface area contributed by atoms with Gasteiger partial charge in [0, 0.05) is 7.05 Å². The van der Waals surface area contributed by atoms with Gasteiger partial charge in [0.2, 0.25) is 0 Å². The molecule has 0 spiro atoms. The van der Waals surface area contributed by atoms with E-state index in [1.165, 1.54) is 42.6 Å². The summed E-state index contributed by atoms with van der Waals surface area (Å²) in [5, 5.41) is 2.95. The number of rotatable bonds is 8. The maximum Gasteiger partial charge on any atom is 0.338 e. The van der Waals surface area contributed by atoms with Crippen LogP contribution in [0.5, 0.6) is 5.75 Å². The van der Waals surface area contributed by atoms with Gasteiger partial charge in [-0.1, -0.05) is 35.6 Å². The summed E-state index contributed by atoms with van der Waals surface area (Å²) in [5.74, 6) is -0.724. The van der Waals surface area contributed by atoms with Crippen molar-refractivity contribution in [2.75, 3.05) is 30.4 Å². The van der Waals surface area contributed by atoms with Gasteiger partial charge >= 0.3 is 5.97 Å². The summed E-state index contributed by atoms with van der Waals surface area (Å²) >= 11 is 1.26. The first-order valence-electron chi connectivity index (χ1n) is 10.3. The van der Waals surface area contributed by atoms with Gasteiger partial charge < -0.3 is 9.47 Å². The second-order valence-corrected chi connectivity index (χ2v) is 10.3. The zero-order valence-corrected chi connectivity index (χ0v) is 20.4. The normalized spacial score (nSPS) is 11.1. The number of para-hydroxylation sites is 1. The summed E-state index contributed by atoms with van der Waals surface area (Å²) in [6.07, 6.45) is 0. The number of carbonyl (C=O) groups excluding carboxylic acids is 2. The van der Waals surface area contributed by atoms with Crippen molar-refractivity contribution in [3.8, 4) is 5.75 Å². The van der Waals surface area contributed by atoms with Gasteiger partial charge in [-0.25, -0.2) is 18.2 Å². The number of nitrogens with one attached hydrogen (secondary N) is 1. The molecule has 0 bridgehead atoms. The Bertz CT molecular complexity index is 1490. The van der Waals surface area contributed by atoms with Crippen LogP contribution in [0.25, 0.3) is 10.2 Å². The van der Waals surface area contributed by atoms with Gasteiger partial charge in [-0.15, -0.1) is 0 Å². The number of aromatic nitrogens is 1. The predicted molar refractivity (Wildman–Crippen MR) is 134 cm³/mol. The van der Waals surface area contributed by atoms with Crippen molar-refractivity contribution in [3.05, 3.63) is 78.4 Å². The van der Waals surface area contributed by atoms with Crippen LogP contribution in [0, 0.1) is 0 Å². The van der Waals surface area contributed by atoms with Crippen LogP contribution in [-0.2, 0) is 19.6 Å². The second kappa shape index (κ2) is 10.1. The Morgan fingerprint density at radius 3 is 2.54 bits per heavy atom. The Hall–Kier alpha value is -3.96. The molecule has 180 valence electrons. The molecule has 0 fully saturated rings. The zero-order valence-electron chi connectivity index (χ0n) is 18.8. The summed E-state index contributed by atoms with van der Waals surface area (Å²) < 4.78 is 38.2. The fourth-order valence-corrected chi connectivity index (χ4v) is 5.33. The maximum absolute atomic E-state index is 13.0. The van der Waals surface area contributed by atoms with Crippen LogP contribution in [-0.4, -0.2) is 46.0 Å². The fourth-order valence-electron chi connectivity index (χ4n) is 3.17. The number of nitrogens with zero attached hydrogens (tertiary/aromatic N) is 2. The van der Waals surface area contributed by atoms with E-state index in [1.54, 1.807) is 55.6 Å². The van der Waals surface area contributed by atoms with Crippen molar-refractivity contribution in [2.45, 2.75) is 4.90 Å². The molecule has 0 saturated carbocycles. The third kappa shape index (κ3) is 5.42. The van der Waals surface area contributed by atoms with Crippen molar-refractivity contribution < 1.29 is 27.5 Å².